The molecule has 2 aromatic heterocycles. The number of nitrogens with one attached hydrogen (secondary N) is 1. The van der Waals surface area contributed by atoms with Crippen molar-refractivity contribution in [3.63, 3.8) is 0 Å². The van der Waals surface area contributed by atoms with E-state index < -0.39 is 0 Å². The van der Waals surface area contributed by atoms with Crippen molar-refractivity contribution < 1.29 is 4.74 Å². The zero-order valence-corrected chi connectivity index (χ0v) is 12.3. The Morgan fingerprint density at radius 1 is 1.35 bits per heavy atom. The van der Waals surface area contributed by atoms with Gasteiger partial charge in [0.2, 0.25) is 0 Å². The van der Waals surface area contributed by atoms with Crippen molar-refractivity contribution in [2.24, 2.45) is 7.05 Å². The first-order valence-electron chi connectivity index (χ1n) is 7.05. The first-order chi connectivity index (χ1) is 9.76. The molecule has 0 spiro atoms. The van der Waals surface area contributed by atoms with Gasteiger partial charge in [-0.15, -0.1) is 0 Å². The molecule has 5 heteroatoms. The highest BCUT2D eigenvalue weighted by molar-refractivity contribution is 5.31. The highest BCUT2D eigenvalue weighted by Gasteiger charge is 2.17. The Morgan fingerprint density at radius 3 is 2.85 bits per heavy atom. The molecule has 1 N–H and O–H groups in total. The van der Waals surface area contributed by atoms with Gasteiger partial charge in [0.25, 0.3) is 0 Å². The Labute approximate surface area is 120 Å². The first-order valence-corrected chi connectivity index (χ1v) is 7.05. The maximum atomic E-state index is 5.54. The third-order valence-electron chi connectivity index (χ3n) is 3.13. The van der Waals surface area contributed by atoms with E-state index in [2.05, 4.69) is 22.3 Å². The lowest BCUT2D eigenvalue weighted by Crippen LogP contribution is -2.25. The second kappa shape index (κ2) is 7.05. The number of rotatable bonds is 7. The van der Waals surface area contributed by atoms with Crippen molar-refractivity contribution in [1.29, 1.82) is 0 Å². The SMILES string of the molecule is CCCNC(c1cncc(OCC)c1)c1ccnn1C. The number of hydrogen-bond acceptors (Lipinski definition) is 4. The zero-order chi connectivity index (χ0) is 14.4. The smallest absolute Gasteiger partial charge is 0.137 e. The molecule has 1 atom stereocenters. The fourth-order valence-electron chi connectivity index (χ4n) is 2.19. The average molecular weight is 274 g/mol. The summed E-state index contributed by atoms with van der Waals surface area (Å²) in [4.78, 5) is 4.28. The lowest BCUT2D eigenvalue weighted by atomic mass is 10.1. The van der Waals surface area contributed by atoms with Gasteiger partial charge in [-0.25, -0.2) is 0 Å². The highest BCUT2D eigenvalue weighted by atomic mass is 16.5. The topological polar surface area (TPSA) is 52.0 Å². The Bertz CT molecular complexity index is 538. The van der Waals surface area contributed by atoms with Gasteiger partial charge in [-0.2, -0.15) is 5.10 Å². The van der Waals surface area contributed by atoms with E-state index in [-0.39, 0.29) is 6.04 Å². The van der Waals surface area contributed by atoms with Gasteiger partial charge in [-0.05, 0) is 37.6 Å². The molecule has 0 aliphatic carbocycles. The van der Waals surface area contributed by atoms with Gasteiger partial charge in [0.15, 0.2) is 0 Å². The predicted octanol–water partition coefficient (Wildman–Crippen LogP) is 2.30. The van der Waals surface area contributed by atoms with E-state index in [9.17, 15) is 0 Å². The number of aromatic nitrogens is 3. The molecule has 2 aromatic rings. The number of nitrogens with zero attached hydrogens (tertiary/aromatic N) is 3. The number of ether oxygens (including phenoxy) is 1. The van der Waals surface area contributed by atoms with E-state index in [0.717, 1.165) is 30.0 Å². The minimum atomic E-state index is 0.0790. The van der Waals surface area contributed by atoms with Crippen LogP contribution in [0.15, 0.2) is 30.7 Å². The Morgan fingerprint density at radius 2 is 2.20 bits per heavy atom. The summed E-state index contributed by atoms with van der Waals surface area (Å²) in [7, 11) is 1.95. The van der Waals surface area contributed by atoms with Crippen LogP contribution in [-0.2, 0) is 7.05 Å². The molecule has 0 saturated carbocycles. The third kappa shape index (κ3) is 3.36. The van der Waals surface area contributed by atoms with E-state index in [1.807, 2.05) is 43.2 Å². The molecule has 0 saturated heterocycles. The molecular formula is C15H22N4O. The summed E-state index contributed by atoms with van der Waals surface area (Å²) in [6, 6.07) is 4.15. The van der Waals surface area contributed by atoms with Gasteiger partial charge in [0.1, 0.15) is 5.75 Å². The summed E-state index contributed by atoms with van der Waals surface area (Å²) in [6.07, 6.45) is 6.51. The molecule has 0 fully saturated rings. The molecule has 0 radical (unpaired) electrons. The van der Waals surface area contributed by atoms with Gasteiger partial charge in [0, 0.05) is 19.4 Å². The fourth-order valence-corrected chi connectivity index (χ4v) is 2.19. The van der Waals surface area contributed by atoms with Crippen LogP contribution in [0, 0.1) is 0 Å². The molecule has 0 aliphatic heterocycles. The zero-order valence-electron chi connectivity index (χ0n) is 12.3. The van der Waals surface area contributed by atoms with Crippen LogP contribution in [0.1, 0.15) is 37.6 Å². The maximum absolute atomic E-state index is 5.54. The molecule has 2 heterocycles. The van der Waals surface area contributed by atoms with Crippen LogP contribution in [0.3, 0.4) is 0 Å². The normalized spacial score (nSPS) is 12.3. The quantitative estimate of drug-likeness (QED) is 0.841. The van der Waals surface area contributed by atoms with Crippen molar-refractivity contribution in [1.82, 2.24) is 20.1 Å². The summed E-state index contributed by atoms with van der Waals surface area (Å²) >= 11 is 0. The largest absolute Gasteiger partial charge is 0.492 e. The minimum Gasteiger partial charge on any atom is -0.492 e. The highest BCUT2D eigenvalue weighted by Crippen LogP contribution is 2.23. The van der Waals surface area contributed by atoms with E-state index in [1.54, 1.807) is 6.20 Å². The van der Waals surface area contributed by atoms with Crippen molar-refractivity contribution in [3.8, 4) is 5.75 Å². The van der Waals surface area contributed by atoms with Crippen molar-refractivity contribution >= 4 is 0 Å². The Hall–Kier alpha value is -1.88. The van der Waals surface area contributed by atoms with Crippen LogP contribution in [0.2, 0.25) is 0 Å². The summed E-state index contributed by atoms with van der Waals surface area (Å²) in [5, 5.41) is 7.80. The summed E-state index contributed by atoms with van der Waals surface area (Å²) < 4.78 is 7.43. The molecule has 1 unspecified atom stereocenters. The lowest BCUT2D eigenvalue weighted by Gasteiger charge is -2.19. The number of pyridine rings is 1. The summed E-state index contributed by atoms with van der Waals surface area (Å²) in [5.41, 5.74) is 2.21. The standard InChI is InChI=1S/C15H22N4O/c1-4-7-17-15(14-6-8-18-19(14)3)12-9-13(20-5-2)11-16-10-12/h6,8-11,15,17H,4-5,7H2,1-3H3. The molecule has 0 aliphatic rings. The van der Waals surface area contributed by atoms with Crippen molar-refractivity contribution in [2.45, 2.75) is 26.3 Å². The molecule has 108 valence electrons. The van der Waals surface area contributed by atoms with Gasteiger partial charge in [-0.1, -0.05) is 6.92 Å². The van der Waals surface area contributed by atoms with E-state index in [1.165, 1.54) is 0 Å². The van der Waals surface area contributed by atoms with E-state index >= 15 is 0 Å². The van der Waals surface area contributed by atoms with Gasteiger partial charge >= 0.3 is 0 Å². The molecule has 0 aromatic carbocycles. The Balaban J connectivity index is 2.31. The Kier molecular flexibility index (Phi) is 5.12. The fraction of sp³-hybridized carbons (Fsp3) is 0.467. The van der Waals surface area contributed by atoms with Crippen LogP contribution < -0.4 is 10.1 Å². The minimum absolute atomic E-state index is 0.0790. The third-order valence-corrected chi connectivity index (χ3v) is 3.13. The van der Waals surface area contributed by atoms with Crippen molar-refractivity contribution in [3.05, 3.63) is 42.0 Å². The lowest BCUT2D eigenvalue weighted by molar-refractivity contribution is 0.338. The summed E-state index contributed by atoms with van der Waals surface area (Å²) in [6.45, 7) is 5.71. The van der Waals surface area contributed by atoms with E-state index in [4.69, 9.17) is 4.74 Å². The van der Waals surface area contributed by atoms with Gasteiger partial charge in [-0.3, -0.25) is 9.67 Å². The molecule has 20 heavy (non-hydrogen) atoms. The number of aryl methyl sites for hydroxylation is 1. The van der Waals surface area contributed by atoms with Crippen LogP contribution in [-0.4, -0.2) is 27.9 Å². The average Bonchev–Trinajstić information content (AvgIpc) is 2.87. The number of hydrogen-bond donors (Lipinski definition) is 1. The molecule has 5 nitrogen and oxygen atoms in total. The van der Waals surface area contributed by atoms with Crippen molar-refractivity contribution in [2.75, 3.05) is 13.2 Å². The summed E-state index contributed by atoms with van der Waals surface area (Å²) in [5.74, 6) is 0.801. The molecule has 0 amide bonds. The second-order valence-electron chi connectivity index (χ2n) is 4.65. The van der Waals surface area contributed by atoms with Crippen LogP contribution in [0.5, 0.6) is 5.75 Å². The van der Waals surface area contributed by atoms with Crippen LogP contribution >= 0.6 is 0 Å². The molecule has 2 rings (SSSR count). The first kappa shape index (κ1) is 14.5. The van der Waals surface area contributed by atoms with Crippen LogP contribution in [0.4, 0.5) is 0 Å². The maximum Gasteiger partial charge on any atom is 0.137 e. The van der Waals surface area contributed by atoms with Crippen LogP contribution in [0.25, 0.3) is 0 Å². The van der Waals surface area contributed by atoms with E-state index in [0.29, 0.717) is 6.61 Å². The molecular weight excluding hydrogens is 252 g/mol. The molecule has 0 bridgehead atoms. The predicted molar refractivity (Wildman–Crippen MR) is 78.8 cm³/mol. The van der Waals surface area contributed by atoms with Gasteiger partial charge < -0.3 is 10.1 Å². The monoisotopic (exact) mass is 274 g/mol. The second-order valence-corrected chi connectivity index (χ2v) is 4.65. The van der Waals surface area contributed by atoms with Gasteiger partial charge in [0.05, 0.1) is 24.5 Å².